The van der Waals surface area contributed by atoms with Crippen LogP contribution >= 0.6 is 11.3 Å². The van der Waals surface area contributed by atoms with Gasteiger partial charge in [0.1, 0.15) is 11.5 Å². The number of alkyl halides is 3. The molecule has 1 heterocycles. The van der Waals surface area contributed by atoms with Crippen molar-refractivity contribution in [1.29, 1.82) is 0 Å². The number of nitrogens with two attached hydrogens (primary N) is 1. The molecule has 0 bridgehead atoms. The summed E-state index contributed by atoms with van der Waals surface area (Å²) in [5, 5.41) is 6.34. The molecule has 1 atom stereocenters. The number of nitrogens with one attached hydrogen (secondary N) is 2. The molecule has 8 nitrogen and oxygen atoms in total. The average molecular weight is 443 g/mol. The molecule has 12 heteroatoms. The van der Waals surface area contributed by atoms with E-state index in [4.69, 9.17) is 10.5 Å². The highest BCUT2D eigenvalue weighted by molar-refractivity contribution is 7.14. The monoisotopic (exact) mass is 443 g/mol. The van der Waals surface area contributed by atoms with Crippen molar-refractivity contribution in [3.05, 3.63) is 52.4 Å². The van der Waals surface area contributed by atoms with Crippen LogP contribution in [0.2, 0.25) is 0 Å². The van der Waals surface area contributed by atoms with Crippen LogP contribution in [0.3, 0.4) is 0 Å². The third-order valence-electron chi connectivity index (χ3n) is 3.71. The van der Waals surface area contributed by atoms with Crippen LogP contribution in [0.1, 0.15) is 33.2 Å². The molecule has 0 saturated carbocycles. The number of halogens is 3. The Morgan fingerprint density at radius 2 is 1.77 bits per heavy atom. The van der Waals surface area contributed by atoms with Gasteiger partial charge in [-0.2, -0.15) is 13.2 Å². The van der Waals surface area contributed by atoms with E-state index in [9.17, 15) is 32.3 Å². The number of primary amides is 1. The fraction of sp³-hybridized carbons (Fsp3) is 0.222. The predicted molar refractivity (Wildman–Crippen MR) is 101 cm³/mol. The van der Waals surface area contributed by atoms with Crippen molar-refractivity contribution in [3.63, 3.8) is 0 Å². The number of amides is 3. The molecule has 2 rings (SSSR count). The second-order valence-electron chi connectivity index (χ2n) is 5.91. The van der Waals surface area contributed by atoms with Crippen LogP contribution in [0.4, 0.5) is 18.2 Å². The molecule has 2 aromatic rings. The van der Waals surface area contributed by atoms with Crippen molar-refractivity contribution in [2.75, 3.05) is 11.9 Å². The van der Waals surface area contributed by atoms with Crippen LogP contribution in [0, 0.1) is 0 Å². The lowest BCUT2D eigenvalue weighted by atomic mass is 10.1. The number of carbonyl (C=O) groups is 4. The number of hydrogen-bond donors (Lipinski definition) is 3. The summed E-state index contributed by atoms with van der Waals surface area (Å²) in [6.45, 7) is 0.672. The van der Waals surface area contributed by atoms with Gasteiger partial charge in [-0.1, -0.05) is 0 Å². The topological polar surface area (TPSA) is 128 Å². The first kappa shape index (κ1) is 22.9. The van der Waals surface area contributed by atoms with E-state index in [1.54, 1.807) is 5.38 Å². The smallest absolute Gasteiger partial charge is 0.416 e. The summed E-state index contributed by atoms with van der Waals surface area (Å²) in [6, 6.07) is 4.85. The molecule has 0 fully saturated rings. The second kappa shape index (κ2) is 9.39. The van der Waals surface area contributed by atoms with Gasteiger partial charge in [0, 0.05) is 5.56 Å². The minimum atomic E-state index is -4.53. The lowest BCUT2D eigenvalue weighted by Crippen LogP contribution is -2.36. The van der Waals surface area contributed by atoms with E-state index in [0.29, 0.717) is 0 Å². The molecule has 1 unspecified atom stereocenters. The highest BCUT2D eigenvalue weighted by atomic mass is 32.1. The quantitative estimate of drug-likeness (QED) is 0.565. The summed E-state index contributed by atoms with van der Waals surface area (Å²) >= 11 is 1.06. The first-order valence-electron chi connectivity index (χ1n) is 8.32. The number of esters is 1. The molecule has 0 radical (unpaired) electrons. The zero-order valence-electron chi connectivity index (χ0n) is 15.4. The van der Waals surface area contributed by atoms with Gasteiger partial charge in [-0.15, -0.1) is 11.3 Å². The predicted octanol–water partition coefficient (Wildman–Crippen LogP) is 2.17. The fourth-order valence-corrected chi connectivity index (χ4v) is 2.97. The van der Waals surface area contributed by atoms with Crippen LogP contribution in [0.25, 0.3) is 0 Å². The van der Waals surface area contributed by atoms with Crippen LogP contribution in [-0.2, 0) is 20.5 Å². The zero-order valence-corrected chi connectivity index (χ0v) is 16.2. The molecule has 1 aromatic carbocycles. The summed E-state index contributed by atoms with van der Waals surface area (Å²) < 4.78 is 42.5. The van der Waals surface area contributed by atoms with Gasteiger partial charge in [0.15, 0.2) is 6.10 Å². The molecule has 0 spiro atoms. The molecular formula is C18H16F3N3O5S. The number of benzene rings is 1. The molecule has 0 aliphatic heterocycles. The highest BCUT2D eigenvalue weighted by Gasteiger charge is 2.30. The van der Waals surface area contributed by atoms with Crippen molar-refractivity contribution in [3.8, 4) is 0 Å². The van der Waals surface area contributed by atoms with Crippen LogP contribution in [-0.4, -0.2) is 36.3 Å². The summed E-state index contributed by atoms with van der Waals surface area (Å²) in [5.41, 5.74) is 4.28. The minimum absolute atomic E-state index is 0.0849. The number of anilines is 1. The number of carbonyl (C=O) groups excluding carboxylic acids is 4. The Balaban J connectivity index is 1.84. The Kier molecular flexibility index (Phi) is 7.16. The number of ether oxygens (including phenoxy) is 1. The second-order valence-corrected chi connectivity index (χ2v) is 6.82. The van der Waals surface area contributed by atoms with E-state index in [1.165, 1.54) is 13.0 Å². The Morgan fingerprint density at radius 3 is 2.33 bits per heavy atom. The van der Waals surface area contributed by atoms with Gasteiger partial charge >= 0.3 is 12.1 Å². The van der Waals surface area contributed by atoms with Gasteiger partial charge in [-0.25, -0.2) is 0 Å². The van der Waals surface area contributed by atoms with Gasteiger partial charge in [0.05, 0.1) is 11.1 Å². The van der Waals surface area contributed by atoms with Crippen LogP contribution < -0.4 is 16.4 Å². The van der Waals surface area contributed by atoms with Gasteiger partial charge < -0.3 is 21.1 Å². The first-order valence-corrected chi connectivity index (χ1v) is 9.20. The molecule has 1 aromatic heterocycles. The number of thiophene rings is 1. The van der Waals surface area contributed by atoms with Crippen molar-refractivity contribution < 1.29 is 37.1 Å². The van der Waals surface area contributed by atoms with Gasteiger partial charge in [-0.3, -0.25) is 19.2 Å². The van der Waals surface area contributed by atoms with Crippen LogP contribution in [0.15, 0.2) is 35.7 Å². The fourth-order valence-electron chi connectivity index (χ4n) is 2.17. The van der Waals surface area contributed by atoms with E-state index in [0.717, 1.165) is 35.6 Å². The maximum absolute atomic E-state index is 12.5. The number of hydrogen-bond acceptors (Lipinski definition) is 6. The molecule has 160 valence electrons. The summed E-state index contributed by atoms with van der Waals surface area (Å²) in [7, 11) is 0. The lowest BCUT2D eigenvalue weighted by Gasteiger charge is -2.14. The average Bonchev–Trinajstić information content (AvgIpc) is 3.13. The molecule has 4 N–H and O–H groups in total. The van der Waals surface area contributed by atoms with E-state index >= 15 is 0 Å². The normalized spacial score (nSPS) is 12.0. The summed E-state index contributed by atoms with van der Waals surface area (Å²) in [4.78, 5) is 47.1. The summed E-state index contributed by atoms with van der Waals surface area (Å²) in [5.74, 6) is -3.19. The SMILES string of the molecule is CC(OC(=O)CNC(=O)c1ccc(C(F)(F)F)cc1)C(=O)Nc1sccc1C(N)=O. The van der Waals surface area contributed by atoms with Crippen molar-refractivity contribution in [2.24, 2.45) is 5.73 Å². The third-order valence-corrected chi connectivity index (χ3v) is 4.54. The number of rotatable bonds is 7. The highest BCUT2D eigenvalue weighted by Crippen LogP contribution is 2.29. The van der Waals surface area contributed by atoms with Crippen LogP contribution in [0.5, 0.6) is 0 Å². The lowest BCUT2D eigenvalue weighted by molar-refractivity contribution is -0.152. The standard InChI is InChI=1S/C18H16F3N3O5S/c1-9(15(27)24-17-12(14(22)26)6-7-30-17)29-13(25)8-23-16(28)10-2-4-11(5-3-10)18(19,20)21/h2-7,9H,8H2,1H3,(H2,22,26)(H,23,28)(H,24,27). The first-order chi connectivity index (χ1) is 14.0. The molecule has 0 aliphatic rings. The van der Waals surface area contributed by atoms with E-state index < -0.39 is 48.1 Å². The van der Waals surface area contributed by atoms with E-state index in [-0.39, 0.29) is 16.1 Å². The Bertz CT molecular complexity index is 957. The molecule has 30 heavy (non-hydrogen) atoms. The molecular weight excluding hydrogens is 427 g/mol. The van der Waals surface area contributed by atoms with Gasteiger partial charge in [0.2, 0.25) is 0 Å². The Hall–Kier alpha value is -3.41. The molecule has 0 saturated heterocycles. The Labute approximate surface area is 172 Å². The van der Waals surface area contributed by atoms with Gasteiger partial charge in [0.25, 0.3) is 17.7 Å². The molecule has 0 aliphatic carbocycles. The maximum atomic E-state index is 12.5. The Morgan fingerprint density at radius 1 is 1.13 bits per heavy atom. The summed E-state index contributed by atoms with van der Waals surface area (Å²) in [6.07, 6.45) is -5.78. The van der Waals surface area contributed by atoms with Gasteiger partial charge in [-0.05, 0) is 42.6 Å². The largest absolute Gasteiger partial charge is 0.451 e. The maximum Gasteiger partial charge on any atom is 0.416 e. The van der Waals surface area contributed by atoms with Crippen molar-refractivity contribution in [2.45, 2.75) is 19.2 Å². The minimum Gasteiger partial charge on any atom is -0.451 e. The van der Waals surface area contributed by atoms with Crippen molar-refractivity contribution in [1.82, 2.24) is 5.32 Å². The zero-order chi connectivity index (χ0) is 22.5. The molecule has 3 amide bonds. The van der Waals surface area contributed by atoms with E-state index in [1.807, 2.05) is 0 Å². The van der Waals surface area contributed by atoms with E-state index in [2.05, 4.69) is 10.6 Å². The van der Waals surface area contributed by atoms with Crippen molar-refractivity contribution >= 4 is 40.0 Å². The third kappa shape index (κ3) is 6.04.